The number of ether oxygens (including phenoxy) is 2. The van der Waals surface area contributed by atoms with Crippen LogP contribution in [0.2, 0.25) is 0 Å². The van der Waals surface area contributed by atoms with Crippen molar-refractivity contribution in [2.75, 3.05) is 6.61 Å². The summed E-state index contributed by atoms with van der Waals surface area (Å²) in [6.07, 6.45) is 1.95. The Kier molecular flexibility index (Phi) is 7.71. The van der Waals surface area contributed by atoms with E-state index in [9.17, 15) is 31.1 Å². The molecule has 0 N–H and O–H groups in total. The van der Waals surface area contributed by atoms with Crippen LogP contribution >= 0.6 is 0 Å². The van der Waals surface area contributed by atoms with Gasteiger partial charge in [-0.15, -0.1) is 0 Å². The standard InChI is InChI=1S/C30H26F6O3/c1-2-3-16-8-9-18(25(32)24(16)31)15-4-6-17(7-5-15)30(37)39-22-13-12-20(27(34)29(22)36)19-10-11-21(23-14-38-23)28(35)26(19)33/h8-13,15,17,23H,2-7,14H2,1H3. The molecular weight excluding hydrogens is 522 g/mol. The summed E-state index contributed by atoms with van der Waals surface area (Å²) in [5, 5.41) is 0. The number of esters is 1. The van der Waals surface area contributed by atoms with Crippen molar-refractivity contribution in [2.45, 2.75) is 57.5 Å². The van der Waals surface area contributed by atoms with Gasteiger partial charge in [0, 0.05) is 16.7 Å². The maximum atomic E-state index is 14.9. The van der Waals surface area contributed by atoms with Gasteiger partial charge in [0.15, 0.2) is 34.8 Å². The lowest BCUT2D eigenvalue weighted by molar-refractivity contribution is -0.140. The summed E-state index contributed by atoms with van der Waals surface area (Å²) in [4.78, 5) is 12.7. The molecule has 0 aromatic heterocycles. The van der Waals surface area contributed by atoms with Gasteiger partial charge < -0.3 is 9.47 Å². The first-order chi connectivity index (χ1) is 18.7. The molecule has 1 aliphatic carbocycles. The molecule has 0 radical (unpaired) electrons. The first kappa shape index (κ1) is 27.2. The van der Waals surface area contributed by atoms with E-state index in [0.29, 0.717) is 44.1 Å². The minimum absolute atomic E-state index is 0.00113. The molecular formula is C30H26F6O3. The van der Waals surface area contributed by atoms with E-state index in [1.54, 1.807) is 12.1 Å². The first-order valence-corrected chi connectivity index (χ1v) is 13.0. The number of carbonyl (C=O) groups is 1. The second-order valence-electron chi connectivity index (χ2n) is 10.1. The maximum absolute atomic E-state index is 14.9. The molecule has 39 heavy (non-hydrogen) atoms. The predicted octanol–water partition coefficient (Wildman–Crippen LogP) is 8.09. The largest absolute Gasteiger partial charge is 0.423 e. The van der Waals surface area contributed by atoms with Gasteiger partial charge >= 0.3 is 5.97 Å². The van der Waals surface area contributed by atoms with Crippen LogP contribution in [0.5, 0.6) is 5.75 Å². The monoisotopic (exact) mass is 548 g/mol. The molecule has 206 valence electrons. The lowest BCUT2D eigenvalue weighted by atomic mass is 9.78. The van der Waals surface area contributed by atoms with E-state index >= 15 is 0 Å². The molecule has 3 nitrogen and oxygen atoms in total. The number of benzene rings is 3. The van der Waals surface area contributed by atoms with E-state index < -0.39 is 69.8 Å². The molecule has 1 saturated carbocycles. The Morgan fingerprint density at radius 2 is 1.36 bits per heavy atom. The minimum Gasteiger partial charge on any atom is -0.423 e. The third kappa shape index (κ3) is 5.29. The average Bonchev–Trinajstić information content (AvgIpc) is 3.77. The number of halogens is 6. The summed E-state index contributed by atoms with van der Waals surface area (Å²) in [5.41, 5.74) is -0.403. The Hall–Kier alpha value is -3.33. The van der Waals surface area contributed by atoms with Gasteiger partial charge in [0.1, 0.15) is 6.10 Å². The highest BCUT2D eigenvalue weighted by molar-refractivity contribution is 5.76. The normalized spacial score (nSPS) is 20.6. The van der Waals surface area contributed by atoms with Crippen molar-refractivity contribution in [1.29, 1.82) is 0 Å². The van der Waals surface area contributed by atoms with Gasteiger partial charge in [-0.3, -0.25) is 4.79 Å². The zero-order chi connectivity index (χ0) is 27.8. The molecule has 9 heteroatoms. The van der Waals surface area contributed by atoms with E-state index in [1.165, 1.54) is 6.07 Å². The van der Waals surface area contributed by atoms with Gasteiger partial charge in [0.2, 0.25) is 5.82 Å². The van der Waals surface area contributed by atoms with Gasteiger partial charge in [-0.2, -0.15) is 4.39 Å². The molecule has 1 aliphatic heterocycles. The lowest BCUT2D eigenvalue weighted by Crippen LogP contribution is -2.26. The molecule has 2 fully saturated rings. The zero-order valence-electron chi connectivity index (χ0n) is 21.1. The molecule has 1 atom stereocenters. The zero-order valence-corrected chi connectivity index (χ0v) is 21.1. The van der Waals surface area contributed by atoms with Crippen molar-refractivity contribution in [3.8, 4) is 16.9 Å². The smallest absolute Gasteiger partial charge is 0.314 e. The number of epoxide rings is 1. The number of aryl methyl sites for hydroxylation is 1. The van der Waals surface area contributed by atoms with Crippen LogP contribution in [0.15, 0.2) is 36.4 Å². The van der Waals surface area contributed by atoms with Crippen molar-refractivity contribution in [1.82, 2.24) is 0 Å². The quantitative estimate of drug-likeness (QED) is 0.130. The molecule has 5 rings (SSSR count). The van der Waals surface area contributed by atoms with Crippen molar-refractivity contribution in [3.63, 3.8) is 0 Å². The number of carbonyl (C=O) groups excluding carboxylic acids is 1. The van der Waals surface area contributed by atoms with Crippen molar-refractivity contribution >= 4 is 5.97 Å². The number of hydrogen-bond acceptors (Lipinski definition) is 3. The molecule has 0 bridgehead atoms. The average molecular weight is 549 g/mol. The van der Waals surface area contributed by atoms with Gasteiger partial charge in [-0.05, 0) is 61.3 Å². The molecule has 1 saturated heterocycles. The molecule has 3 aromatic carbocycles. The van der Waals surface area contributed by atoms with E-state index in [0.717, 1.165) is 18.2 Å². The second kappa shape index (κ2) is 11.0. The summed E-state index contributed by atoms with van der Waals surface area (Å²) in [6, 6.07) is 7.59. The second-order valence-corrected chi connectivity index (χ2v) is 10.1. The molecule has 0 amide bonds. The van der Waals surface area contributed by atoms with Crippen molar-refractivity contribution < 1.29 is 40.6 Å². The molecule has 2 aliphatic rings. The van der Waals surface area contributed by atoms with Gasteiger partial charge in [-0.1, -0.05) is 37.6 Å². The fourth-order valence-corrected chi connectivity index (χ4v) is 5.28. The summed E-state index contributed by atoms with van der Waals surface area (Å²) >= 11 is 0. The Morgan fingerprint density at radius 3 is 2.00 bits per heavy atom. The van der Waals surface area contributed by atoms with Crippen LogP contribution < -0.4 is 4.74 Å². The van der Waals surface area contributed by atoms with Crippen LogP contribution in [-0.2, 0) is 16.0 Å². The maximum Gasteiger partial charge on any atom is 0.314 e. The SMILES string of the molecule is CCCc1ccc(C2CCC(C(=O)Oc3ccc(-c4ccc(C5CO5)c(F)c4F)c(F)c3F)CC2)c(F)c1F. The molecule has 0 spiro atoms. The molecule has 3 aromatic rings. The van der Waals surface area contributed by atoms with E-state index in [1.807, 2.05) is 6.92 Å². The highest BCUT2D eigenvalue weighted by atomic mass is 19.2. The third-order valence-corrected chi connectivity index (χ3v) is 7.55. The van der Waals surface area contributed by atoms with Crippen LogP contribution in [0, 0.1) is 40.8 Å². The summed E-state index contributed by atoms with van der Waals surface area (Å²) < 4.78 is 97.8. The lowest BCUT2D eigenvalue weighted by Gasteiger charge is -2.28. The Labute approximate surface area is 221 Å². The topological polar surface area (TPSA) is 38.8 Å². The highest BCUT2D eigenvalue weighted by Crippen LogP contribution is 2.40. The van der Waals surface area contributed by atoms with Crippen molar-refractivity contribution in [2.24, 2.45) is 5.92 Å². The summed E-state index contributed by atoms with van der Waals surface area (Å²) in [5.74, 6) is -9.60. The summed E-state index contributed by atoms with van der Waals surface area (Å²) in [7, 11) is 0. The van der Waals surface area contributed by atoms with Crippen LogP contribution in [0.4, 0.5) is 26.3 Å². The third-order valence-electron chi connectivity index (χ3n) is 7.55. The Morgan fingerprint density at radius 1 is 0.769 bits per heavy atom. The van der Waals surface area contributed by atoms with Crippen LogP contribution in [0.25, 0.3) is 11.1 Å². The Balaban J connectivity index is 1.26. The molecule has 1 heterocycles. The predicted molar refractivity (Wildman–Crippen MR) is 131 cm³/mol. The van der Waals surface area contributed by atoms with Crippen LogP contribution in [0.1, 0.15) is 67.7 Å². The highest BCUT2D eigenvalue weighted by Gasteiger charge is 2.33. The Bertz CT molecular complexity index is 1410. The fraction of sp³-hybridized carbons (Fsp3) is 0.367. The van der Waals surface area contributed by atoms with E-state index in [-0.39, 0.29) is 23.7 Å². The van der Waals surface area contributed by atoms with E-state index in [4.69, 9.17) is 9.47 Å². The number of rotatable bonds is 7. The van der Waals surface area contributed by atoms with Gasteiger partial charge in [0.05, 0.1) is 12.5 Å². The fourth-order valence-electron chi connectivity index (χ4n) is 5.28. The van der Waals surface area contributed by atoms with Crippen LogP contribution in [0.3, 0.4) is 0 Å². The first-order valence-electron chi connectivity index (χ1n) is 13.0. The van der Waals surface area contributed by atoms with Crippen LogP contribution in [-0.4, -0.2) is 12.6 Å². The van der Waals surface area contributed by atoms with Gasteiger partial charge in [-0.25, -0.2) is 22.0 Å². The summed E-state index contributed by atoms with van der Waals surface area (Å²) in [6.45, 7) is 2.13. The van der Waals surface area contributed by atoms with Crippen molar-refractivity contribution in [3.05, 3.63) is 88.0 Å². The molecule has 1 unspecified atom stereocenters. The number of hydrogen-bond donors (Lipinski definition) is 0. The minimum atomic E-state index is -1.51. The van der Waals surface area contributed by atoms with E-state index in [2.05, 4.69) is 0 Å². The van der Waals surface area contributed by atoms with Gasteiger partial charge in [0.25, 0.3) is 0 Å².